The van der Waals surface area contributed by atoms with Crippen LogP contribution in [0.25, 0.3) is 5.69 Å². The summed E-state index contributed by atoms with van der Waals surface area (Å²) in [5, 5.41) is 18.3. The summed E-state index contributed by atoms with van der Waals surface area (Å²) < 4.78 is 1.95. The second kappa shape index (κ2) is 6.23. The Labute approximate surface area is 132 Å². The summed E-state index contributed by atoms with van der Waals surface area (Å²) >= 11 is 0. The van der Waals surface area contributed by atoms with Gasteiger partial charge in [-0.3, -0.25) is 0 Å². The van der Waals surface area contributed by atoms with E-state index >= 15 is 0 Å². The number of aliphatic hydroxyl groups is 1. The number of rotatable bonds is 6. The number of nitrogens with one attached hydrogen (secondary N) is 1. The number of hydrogen-bond acceptors (Lipinski definition) is 3. The summed E-state index contributed by atoms with van der Waals surface area (Å²) in [6.45, 7) is 5.75. The van der Waals surface area contributed by atoms with E-state index in [0.717, 1.165) is 37.2 Å². The van der Waals surface area contributed by atoms with Crippen molar-refractivity contribution in [2.24, 2.45) is 0 Å². The van der Waals surface area contributed by atoms with Crippen molar-refractivity contribution in [2.75, 3.05) is 6.54 Å². The molecular weight excluding hydrogens is 274 g/mol. The molecule has 2 N–H and O–H groups in total. The molecule has 1 aromatic heterocycles. The molecule has 1 fully saturated rings. The molecule has 1 saturated carbocycles. The second-order valence-electron chi connectivity index (χ2n) is 6.66. The normalized spacial score (nSPS) is 16.7. The maximum atomic E-state index is 10.2. The Kier molecular flexibility index (Phi) is 4.32. The first kappa shape index (κ1) is 15.3. The molecule has 0 bridgehead atoms. The van der Waals surface area contributed by atoms with E-state index in [1.54, 1.807) is 0 Å². The van der Waals surface area contributed by atoms with Gasteiger partial charge >= 0.3 is 0 Å². The highest BCUT2D eigenvalue weighted by Crippen LogP contribution is 2.30. The molecule has 118 valence electrons. The van der Waals surface area contributed by atoms with E-state index in [1.165, 1.54) is 5.56 Å². The van der Waals surface area contributed by atoms with Crippen LogP contribution >= 0.6 is 0 Å². The minimum absolute atomic E-state index is 0.383. The lowest BCUT2D eigenvalue weighted by Crippen LogP contribution is -2.46. The highest BCUT2D eigenvalue weighted by molar-refractivity contribution is 5.33. The Morgan fingerprint density at radius 3 is 2.59 bits per heavy atom. The Morgan fingerprint density at radius 2 is 2.00 bits per heavy atom. The molecule has 22 heavy (non-hydrogen) atoms. The molecule has 1 heterocycles. The van der Waals surface area contributed by atoms with Crippen LogP contribution in [0, 0.1) is 0 Å². The third kappa shape index (κ3) is 3.23. The van der Waals surface area contributed by atoms with Gasteiger partial charge < -0.3 is 10.4 Å². The van der Waals surface area contributed by atoms with Crippen molar-refractivity contribution in [3.05, 3.63) is 47.8 Å². The summed E-state index contributed by atoms with van der Waals surface area (Å²) in [4.78, 5) is 0. The molecule has 0 aliphatic heterocycles. The standard InChI is InChI=1S/C18H25N3O/c1-14(2)17-15(11-19-13-18(22)9-6-10-18)12-21(20-17)16-7-4-3-5-8-16/h3-5,7-8,12,14,19,22H,6,9-11,13H2,1-2H3. The molecule has 2 aromatic rings. The molecule has 0 saturated heterocycles. The maximum Gasteiger partial charge on any atom is 0.0771 e. The monoisotopic (exact) mass is 299 g/mol. The van der Waals surface area contributed by atoms with Crippen molar-refractivity contribution in [3.8, 4) is 5.69 Å². The van der Waals surface area contributed by atoms with Crippen LogP contribution in [0.3, 0.4) is 0 Å². The van der Waals surface area contributed by atoms with Gasteiger partial charge in [-0.15, -0.1) is 0 Å². The zero-order valence-corrected chi connectivity index (χ0v) is 13.4. The Hall–Kier alpha value is -1.65. The van der Waals surface area contributed by atoms with Gasteiger partial charge in [-0.1, -0.05) is 32.0 Å². The average molecular weight is 299 g/mol. The first-order valence-electron chi connectivity index (χ1n) is 8.14. The largest absolute Gasteiger partial charge is 0.389 e. The van der Waals surface area contributed by atoms with Gasteiger partial charge in [0.05, 0.1) is 17.0 Å². The van der Waals surface area contributed by atoms with E-state index < -0.39 is 5.60 Å². The van der Waals surface area contributed by atoms with Crippen LogP contribution in [0.4, 0.5) is 0 Å². The van der Waals surface area contributed by atoms with E-state index in [-0.39, 0.29) is 0 Å². The van der Waals surface area contributed by atoms with Gasteiger partial charge in [0, 0.05) is 24.8 Å². The molecule has 0 amide bonds. The molecular formula is C18H25N3O. The predicted octanol–water partition coefficient (Wildman–Crippen LogP) is 3.00. The minimum atomic E-state index is -0.479. The Morgan fingerprint density at radius 1 is 1.27 bits per heavy atom. The van der Waals surface area contributed by atoms with E-state index in [0.29, 0.717) is 12.5 Å². The Bertz CT molecular complexity index is 615. The predicted molar refractivity (Wildman–Crippen MR) is 88.2 cm³/mol. The smallest absolute Gasteiger partial charge is 0.0771 e. The first-order chi connectivity index (χ1) is 10.6. The van der Waals surface area contributed by atoms with Crippen molar-refractivity contribution in [2.45, 2.75) is 51.2 Å². The van der Waals surface area contributed by atoms with Gasteiger partial charge in [-0.25, -0.2) is 4.68 Å². The topological polar surface area (TPSA) is 50.1 Å². The molecule has 0 radical (unpaired) electrons. The van der Waals surface area contributed by atoms with Gasteiger partial charge in [0.15, 0.2) is 0 Å². The van der Waals surface area contributed by atoms with Crippen molar-refractivity contribution in [1.29, 1.82) is 0 Å². The van der Waals surface area contributed by atoms with Gasteiger partial charge in [0.1, 0.15) is 0 Å². The van der Waals surface area contributed by atoms with E-state index in [2.05, 4.69) is 37.5 Å². The number of para-hydroxylation sites is 1. The lowest BCUT2D eigenvalue weighted by atomic mass is 9.80. The lowest BCUT2D eigenvalue weighted by molar-refractivity contribution is -0.0314. The zero-order chi connectivity index (χ0) is 15.6. The number of aromatic nitrogens is 2. The van der Waals surface area contributed by atoms with Crippen LogP contribution in [0.5, 0.6) is 0 Å². The van der Waals surface area contributed by atoms with Crippen LogP contribution in [-0.2, 0) is 6.54 Å². The van der Waals surface area contributed by atoms with Crippen molar-refractivity contribution >= 4 is 0 Å². The van der Waals surface area contributed by atoms with Crippen LogP contribution < -0.4 is 5.32 Å². The van der Waals surface area contributed by atoms with Crippen molar-refractivity contribution in [3.63, 3.8) is 0 Å². The van der Waals surface area contributed by atoms with Gasteiger partial charge in [-0.2, -0.15) is 5.10 Å². The summed E-state index contributed by atoms with van der Waals surface area (Å²) in [7, 11) is 0. The fraction of sp³-hybridized carbons (Fsp3) is 0.500. The SMILES string of the molecule is CC(C)c1nn(-c2ccccc2)cc1CNCC1(O)CCC1. The molecule has 4 heteroatoms. The van der Waals surface area contributed by atoms with E-state index in [9.17, 15) is 5.11 Å². The molecule has 0 atom stereocenters. The number of hydrogen-bond donors (Lipinski definition) is 2. The lowest BCUT2D eigenvalue weighted by Gasteiger charge is -2.36. The highest BCUT2D eigenvalue weighted by atomic mass is 16.3. The van der Waals surface area contributed by atoms with E-state index in [1.807, 2.05) is 22.9 Å². The van der Waals surface area contributed by atoms with E-state index in [4.69, 9.17) is 5.10 Å². The van der Waals surface area contributed by atoms with Crippen molar-refractivity contribution in [1.82, 2.24) is 15.1 Å². The number of nitrogens with zero attached hydrogens (tertiary/aromatic N) is 2. The third-order valence-corrected chi connectivity index (χ3v) is 4.44. The molecule has 1 aromatic carbocycles. The first-order valence-corrected chi connectivity index (χ1v) is 8.14. The molecule has 0 unspecified atom stereocenters. The maximum absolute atomic E-state index is 10.2. The quantitative estimate of drug-likeness (QED) is 0.862. The van der Waals surface area contributed by atoms with Gasteiger partial charge in [0.25, 0.3) is 0 Å². The van der Waals surface area contributed by atoms with Crippen LogP contribution in [0.2, 0.25) is 0 Å². The Balaban J connectivity index is 1.73. The minimum Gasteiger partial charge on any atom is -0.389 e. The molecule has 0 spiro atoms. The molecule has 3 rings (SSSR count). The molecule has 1 aliphatic rings. The fourth-order valence-corrected chi connectivity index (χ4v) is 2.95. The number of benzene rings is 1. The van der Waals surface area contributed by atoms with Crippen molar-refractivity contribution < 1.29 is 5.11 Å². The summed E-state index contributed by atoms with van der Waals surface area (Å²) in [6.07, 6.45) is 5.07. The van der Waals surface area contributed by atoms with Gasteiger partial charge in [0.2, 0.25) is 0 Å². The molecule has 4 nitrogen and oxygen atoms in total. The summed E-state index contributed by atoms with van der Waals surface area (Å²) in [6, 6.07) is 10.2. The highest BCUT2D eigenvalue weighted by Gasteiger charge is 2.33. The third-order valence-electron chi connectivity index (χ3n) is 4.44. The van der Waals surface area contributed by atoms with Crippen LogP contribution in [0.15, 0.2) is 36.5 Å². The van der Waals surface area contributed by atoms with Gasteiger partial charge in [-0.05, 0) is 37.3 Å². The second-order valence-corrected chi connectivity index (χ2v) is 6.66. The zero-order valence-electron chi connectivity index (χ0n) is 13.4. The fourth-order valence-electron chi connectivity index (χ4n) is 2.95. The summed E-state index contributed by atoms with van der Waals surface area (Å²) in [5.41, 5.74) is 2.93. The summed E-state index contributed by atoms with van der Waals surface area (Å²) in [5.74, 6) is 0.383. The van der Waals surface area contributed by atoms with Crippen LogP contribution in [0.1, 0.15) is 50.3 Å². The molecule has 1 aliphatic carbocycles. The average Bonchev–Trinajstić information content (AvgIpc) is 2.91. The van der Waals surface area contributed by atoms with Crippen LogP contribution in [-0.4, -0.2) is 27.0 Å².